The normalized spacial score (nSPS) is 11.8. The summed E-state index contributed by atoms with van der Waals surface area (Å²) in [5.74, 6) is 0.740. The summed E-state index contributed by atoms with van der Waals surface area (Å²) in [7, 11) is -9.46. The van der Waals surface area contributed by atoms with Gasteiger partial charge in [-0.2, -0.15) is 16.8 Å². The van der Waals surface area contributed by atoms with Gasteiger partial charge >= 0.3 is 0 Å². The van der Waals surface area contributed by atoms with Gasteiger partial charge in [-0.15, -0.1) is 0 Å². The molecule has 12 heteroatoms. The highest BCUT2D eigenvalue weighted by atomic mass is 32.2. The Kier molecular flexibility index (Phi) is 7.55. The molecule has 0 spiro atoms. The first-order valence-electron chi connectivity index (χ1n) is 9.81. The lowest BCUT2D eigenvalue weighted by molar-refractivity contribution is 0.309. The third-order valence-corrected chi connectivity index (χ3v) is 6.53. The molecule has 0 radical (unpaired) electrons. The van der Waals surface area contributed by atoms with Crippen molar-refractivity contribution in [2.45, 2.75) is 29.6 Å². The van der Waals surface area contributed by atoms with Crippen molar-refractivity contribution >= 4 is 59.7 Å². The van der Waals surface area contributed by atoms with Gasteiger partial charge in [0.1, 0.15) is 10.6 Å². The molecule has 0 fully saturated rings. The molecule has 0 aliphatic rings. The lowest BCUT2D eigenvalue weighted by Crippen LogP contribution is -2.19. The molecule has 0 atom stereocenters. The van der Waals surface area contributed by atoms with Gasteiger partial charge in [-0.1, -0.05) is 19.4 Å². The quantitative estimate of drug-likeness (QED) is 0.197. The van der Waals surface area contributed by atoms with E-state index in [1.165, 1.54) is 12.1 Å². The van der Waals surface area contributed by atoms with Crippen LogP contribution < -0.4 is 15.4 Å². The van der Waals surface area contributed by atoms with E-state index in [0.717, 1.165) is 24.7 Å². The number of anilines is 2. The molecule has 0 saturated carbocycles. The second kappa shape index (κ2) is 10.0. The van der Waals surface area contributed by atoms with Crippen LogP contribution in [0, 0.1) is 0 Å². The Balaban J connectivity index is 1.81. The van der Waals surface area contributed by atoms with Crippen molar-refractivity contribution in [3.63, 3.8) is 0 Å². The molecule has 3 aromatic carbocycles. The number of ether oxygens (including phenoxy) is 1. The number of hydrogen-bond acceptors (Lipinski definition) is 6. The molecule has 0 heterocycles. The van der Waals surface area contributed by atoms with E-state index in [1.807, 2.05) is 12.1 Å². The average molecular weight is 511 g/mol. The molecule has 33 heavy (non-hydrogen) atoms. The van der Waals surface area contributed by atoms with Crippen molar-refractivity contribution in [2.75, 3.05) is 17.2 Å². The molecule has 4 N–H and O–H groups in total. The number of fused-ring (bicyclic) bond motifs is 1. The van der Waals surface area contributed by atoms with E-state index in [-0.39, 0.29) is 15.9 Å². The average Bonchev–Trinajstić information content (AvgIpc) is 2.73. The Labute approximate surface area is 197 Å². The Morgan fingerprint density at radius 3 is 2.15 bits per heavy atom. The van der Waals surface area contributed by atoms with Crippen LogP contribution in [0.25, 0.3) is 10.8 Å². The molecule has 0 aromatic heterocycles. The number of unbranched alkanes of at least 4 members (excludes halogenated alkanes) is 1. The molecule has 3 aromatic rings. The molecule has 9 nitrogen and oxygen atoms in total. The maximum atomic E-state index is 11.8. The largest absolute Gasteiger partial charge is 0.494 e. The first-order valence-corrected chi connectivity index (χ1v) is 13.1. The van der Waals surface area contributed by atoms with E-state index in [0.29, 0.717) is 24.0 Å². The van der Waals surface area contributed by atoms with Crippen molar-refractivity contribution in [1.82, 2.24) is 0 Å². The predicted molar refractivity (Wildman–Crippen MR) is 130 cm³/mol. The zero-order valence-corrected chi connectivity index (χ0v) is 19.9. The fourth-order valence-electron chi connectivity index (χ4n) is 3.00. The minimum Gasteiger partial charge on any atom is -0.494 e. The summed E-state index contributed by atoms with van der Waals surface area (Å²) < 4.78 is 71.0. The summed E-state index contributed by atoms with van der Waals surface area (Å²) in [6.45, 7) is 2.72. The van der Waals surface area contributed by atoms with Gasteiger partial charge in [0.05, 0.1) is 11.5 Å². The van der Waals surface area contributed by atoms with Crippen LogP contribution in [0.2, 0.25) is 0 Å². The van der Waals surface area contributed by atoms with Crippen LogP contribution in [0.3, 0.4) is 0 Å². The molecule has 176 valence electrons. The second-order valence-corrected chi connectivity index (χ2v) is 10.3. The van der Waals surface area contributed by atoms with E-state index in [9.17, 15) is 25.9 Å². The summed E-state index contributed by atoms with van der Waals surface area (Å²) in [5, 5.41) is 6.35. The topological polar surface area (TPSA) is 142 Å². The molecule has 0 bridgehead atoms. The van der Waals surface area contributed by atoms with Crippen LogP contribution in [0.15, 0.2) is 64.4 Å². The van der Waals surface area contributed by atoms with Crippen LogP contribution in [-0.2, 0) is 20.2 Å². The maximum absolute atomic E-state index is 11.8. The fraction of sp³-hybridized carbons (Fsp3) is 0.190. The second-order valence-electron chi connectivity index (χ2n) is 7.11. The standard InChI is InChI=1S/C21H22N2O7S3/c1-2-3-10-30-17-8-6-15(7-9-17)22-21(31)23-16-5-4-14-11-18(32(24,25)26)13-20(19(14)12-16)33(27,28)29/h4-9,11-13H,2-3,10H2,1H3,(H2,22,23,31)(H,24,25,26)(H,27,28,29). The van der Waals surface area contributed by atoms with Gasteiger partial charge in [-0.25, -0.2) is 0 Å². The summed E-state index contributed by atoms with van der Waals surface area (Å²) in [5.41, 5.74) is 1.09. The molecule has 0 aliphatic heterocycles. The van der Waals surface area contributed by atoms with Gasteiger partial charge in [-0.05, 0) is 72.6 Å². The fourth-order valence-corrected chi connectivity index (χ4v) is 4.58. The minimum atomic E-state index is -4.78. The van der Waals surface area contributed by atoms with Crippen molar-refractivity contribution in [1.29, 1.82) is 0 Å². The van der Waals surface area contributed by atoms with Gasteiger partial charge in [0, 0.05) is 16.8 Å². The first-order chi connectivity index (χ1) is 15.5. The summed E-state index contributed by atoms with van der Waals surface area (Å²) in [6.07, 6.45) is 2.01. The molecule has 0 saturated heterocycles. The maximum Gasteiger partial charge on any atom is 0.295 e. The van der Waals surface area contributed by atoms with Crippen LogP contribution >= 0.6 is 12.2 Å². The third-order valence-electron chi connectivity index (χ3n) is 4.60. The number of nitrogens with one attached hydrogen (secondary N) is 2. The Morgan fingerprint density at radius 1 is 0.909 bits per heavy atom. The highest BCUT2D eigenvalue weighted by Gasteiger charge is 2.20. The van der Waals surface area contributed by atoms with Gasteiger partial charge in [0.15, 0.2) is 5.11 Å². The highest BCUT2D eigenvalue weighted by Crippen LogP contribution is 2.29. The zero-order chi connectivity index (χ0) is 24.2. The molecule has 3 rings (SSSR count). The van der Waals surface area contributed by atoms with Crippen LogP contribution in [0.5, 0.6) is 5.75 Å². The Hall–Kier alpha value is -2.77. The number of rotatable bonds is 8. The van der Waals surface area contributed by atoms with E-state index in [2.05, 4.69) is 17.6 Å². The predicted octanol–water partition coefficient (Wildman–Crippen LogP) is 4.32. The Morgan fingerprint density at radius 2 is 1.55 bits per heavy atom. The van der Waals surface area contributed by atoms with Crippen LogP contribution in [0.4, 0.5) is 11.4 Å². The zero-order valence-electron chi connectivity index (χ0n) is 17.5. The molecule has 0 unspecified atom stereocenters. The van der Waals surface area contributed by atoms with Crippen molar-refractivity contribution in [3.05, 3.63) is 54.6 Å². The van der Waals surface area contributed by atoms with E-state index >= 15 is 0 Å². The van der Waals surface area contributed by atoms with Crippen molar-refractivity contribution < 1.29 is 30.7 Å². The van der Waals surface area contributed by atoms with Gasteiger partial charge in [0.2, 0.25) is 0 Å². The summed E-state index contributed by atoms with van der Waals surface area (Å²) >= 11 is 5.30. The minimum absolute atomic E-state index is 0.0475. The van der Waals surface area contributed by atoms with Crippen LogP contribution in [0.1, 0.15) is 19.8 Å². The van der Waals surface area contributed by atoms with Gasteiger partial charge < -0.3 is 15.4 Å². The van der Waals surface area contributed by atoms with E-state index < -0.39 is 30.0 Å². The van der Waals surface area contributed by atoms with Gasteiger partial charge in [-0.3, -0.25) is 9.11 Å². The highest BCUT2D eigenvalue weighted by molar-refractivity contribution is 7.86. The third kappa shape index (κ3) is 6.62. The first kappa shape index (κ1) is 24.9. The number of benzene rings is 3. The van der Waals surface area contributed by atoms with Crippen molar-refractivity contribution in [3.8, 4) is 5.75 Å². The SMILES string of the molecule is CCCCOc1ccc(NC(=S)Nc2ccc3cc(S(=O)(=O)O)cc(S(=O)(=O)O)c3c2)cc1. The van der Waals surface area contributed by atoms with Crippen molar-refractivity contribution in [2.24, 2.45) is 0 Å². The molecular formula is C21H22N2O7S3. The van der Waals surface area contributed by atoms with Gasteiger partial charge in [0.25, 0.3) is 20.2 Å². The Bertz CT molecular complexity index is 1390. The number of hydrogen-bond donors (Lipinski definition) is 4. The van der Waals surface area contributed by atoms with E-state index in [4.69, 9.17) is 17.0 Å². The lowest BCUT2D eigenvalue weighted by atomic mass is 10.1. The molecule has 0 amide bonds. The van der Waals surface area contributed by atoms with E-state index in [1.54, 1.807) is 18.2 Å². The smallest absolute Gasteiger partial charge is 0.295 e. The summed E-state index contributed by atoms with van der Waals surface area (Å²) in [4.78, 5) is -1.31. The number of thiocarbonyl (C=S) groups is 1. The lowest BCUT2D eigenvalue weighted by Gasteiger charge is -2.13. The molecule has 0 aliphatic carbocycles. The summed E-state index contributed by atoms with van der Waals surface area (Å²) in [6, 6.07) is 13.4. The molecular weight excluding hydrogens is 488 g/mol. The van der Waals surface area contributed by atoms with Crippen LogP contribution in [-0.4, -0.2) is 37.7 Å². The monoisotopic (exact) mass is 510 g/mol.